The molecule has 0 unspecified atom stereocenters. The highest BCUT2D eigenvalue weighted by atomic mass is 79.9. The monoisotopic (exact) mass is 359 g/mol. The Balaban J connectivity index is 2.08. The molecule has 0 aliphatic carbocycles. The molecule has 0 bridgehead atoms. The minimum Gasteiger partial charge on any atom is -0.435 e. The molecule has 0 saturated carbocycles. The fourth-order valence-electron chi connectivity index (χ4n) is 1.59. The second-order valence-electron chi connectivity index (χ2n) is 3.98. The molecule has 0 heterocycles. The summed E-state index contributed by atoms with van der Waals surface area (Å²) < 4.78 is 41.5. The number of alkyl halides is 2. The van der Waals surface area contributed by atoms with Crippen molar-refractivity contribution in [3.05, 3.63) is 58.3 Å². The van der Waals surface area contributed by atoms with Crippen molar-refractivity contribution >= 4 is 27.5 Å². The zero-order valence-corrected chi connectivity index (χ0v) is 12.0. The first-order chi connectivity index (χ1) is 9.95. The maximum absolute atomic E-state index is 12.9. The van der Waals surface area contributed by atoms with Gasteiger partial charge >= 0.3 is 6.61 Å². The highest BCUT2D eigenvalue weighted by molar-refractivity contribution is 9.10. The van der Waals surface area contributed by atoms with Crippen LogP contribution >= 0.6 is 15.9 Å². The molecule has 21 heavy (non-hydrogen) atoms. The van der Waals surface area contributed by atoms with Crippen LogP contribution in [0.1, 0.15) is 10.4 Å². The van der Waals surface area contributed by atoms with Crippen molar-refractivity contribution in [2.24, 2.45) is 0 Å². The van der Waals surface area contributed by atoms with Gasteiger partial charge in [0.1, 0.15) is 11.6 Å². The molecule has 2 aromatic rings. The summed E-state index contributed by atoms with van der Waals surface area (Å²) in [6.07, 6.45) is 0. The molecule has 0 fully saturated rings. The lowest BCUT2D eigenvalue weighted by atomic mass is 10.2. The topological polar surface area (TPSA) is 38.3 Å². The third kappa shape index (κ3) is 4.22. The van der Waals surface area contributed by atoms with Crippen molar-refractivity contribution < 1.29 is 22.7 Å². The van der Waals surface area contributed by atoms with Gasteiger partial charge in [-0.15, -0.1) is 0 Å². The summed E-state index contributed by atoms with van der Waals surface area (Å²) in [5, 5.41) is 2.56. The average molecular weight is 360 g/mol. The van der Waals surface area contributed by atoms with Crippen LogP contribution in [-0.4, -0.2) is 12.5 Å². The molecule has 0 radical (unpaired) electrons. The molecule has 0 aromatic heterocycles. The molecule has 3 nitrogen and oxygen atoms in total. The third-order valence-corrected chi connectivity index (χ3v) is 3.17. The molecule has 0 aliphatic heterocycles. The van der Waals surface area contributed by atoms with Gasteiger partial charge in [0, 0.05) is 10.2 Å². The number of rotatable bonds is 4. The zero-order chi connectivity index (χ0) is 15.4. The highest BCUT2D eigenvalue weighted by Gasteiger charge is 2.11. The Morgan fingerprint density at radius 1 is 1.14 bits per heavy atom. The molecule has 1 amide bonds. The van der Waals surface area contributed by atoms with Gasteiger partial charge in [0.15, 0.2) is 0 Å². The molecule has 7 heteroatoms. The van der Waals surface area contributed by atoms with E-state index in [0.717, 1.165) is 0 Å². The molecule has 2 rings (SSSR count). The summed E-state index contributed by atoms with van der Waals surface area (Å²) in [4.78, 5) is 12.0. The summed E-state index contributed by atoms with van der Waals surface area (Å²) >= 11 is 3.10. The van der Waals surface area contributed by atoms with Crippen LogP contribution in [0.4, 0.5) is 18.9 Å². The van der Waals surface area contributed by atoms with Crippen LogP contribution in [0.3, 0.4) is 0 Å². The van der Waals surface area contributed by atoms with Crippen molar-refractivity contribution in [2.45, 2.75) is 6.61 Å². The van der Waals surface area contributed by atoms with Gasteiger partial charge in [-0.1, -0.05) is 0 Å². The lowest BCUT2D eigenvalue weighted by Crippen LogP contribution is -2.12. The smallest absolute Gasteiger partial charge is 0.387 e. The first-order valence-corrected chi connectivity index (χ1v) is 6.56. The number of anilines is 1. The Labute approximate surface area is 126 Å². The highest BCUT2D eigenvalue weighted by Crippen LogP contribution is 2.21. The van der Waals surface area contributed by atoms with Crippen LogP contribution in [0.15, 0.2) is 46.9 Å². The summed E-state index contributed by atoms with van der Waals surface area (Å²) in [6, 6.07) is 9.14. The number of nitrogens with one attached hydrogen (secondary N) is 1. The quantitative estimate of drug-likeness (QED) is 0.876. The van der Waals surface area contributed by atoms with E-state index in [-0.39, 0.29) is 11.3 Å². The average Bonchev–Trinajstić information content (AvgIpc) is 2.40. The van der Waals surface area contributed by atoms with E-state index >= 15 is 0 Å². The minimum absolute atomic E-state index is 0.00837. The van der Waals surface area contributed by atoms with Gasteiger partial charge < -0.3 is 10.1 Å². The predicted molar refractivity (Wildman–Crippen MR) is 75.1 cm³/mol. The van der Waals surface area contributed by atoms with Crippen molar-refractivity contribution in [2.75, 3.05) is 5.32 Å². The van der Waals surface area contributed by atoms with E-state index in [4.69, 9.17) is 0 Å². The van der Waals surface area contributed by atoms with Gasteiger partial charge in [0.2, 0.25) is 0 Å². The molecular weight excluding hydrogens is 351 g/mol. The Bertz CT molecular complexity index is 647. The first-order valence-electron chi connectivity index (χ1n) is 5.77. The molecule has 0 aliphatic rings. The number of hydrogen-bond acceptors (Lipinski definition) is 2. The van der Waals surface area contributed by atoms with Crippen LogP contribution < -0.4 is 10.1 Å². The Morgan fingerprint density at radius 2 is 1.81 bits per heavy atom. The Morgan fingerprint density at radius 3 is 2.38 bits per heavy atom. The fourth-order valence-corrected chi connectivity index (χ4v) is 2.12. The van der Waals surface area contributed by atoms with Gasteiger partial charge in [0.25, 0.3) is 5.91 Å². The number of hydrogen-bond donors (Lipinski definition) is 1. The van der Waals surface area contributed by atoms with Crippen LogP contribution in [0.25, 0.3) is 0 Å². The molecule has 0 spiro atoms. The predicted octanol–water partition coefficient (Wildman–Crippen LogP) is 4.44. The minimum atomic E-state index is -2.90. The molecule has 110 valence electrons. The van der Waals surface area contributed by atoms with Crippen LogP contribution in [0.5, 0.6) is 5.75 Å². The van der Waals surface area contributed by atoms with E-state index in [1.165, 1.54) is 42.5 Å². The lowest BCUT2D eigenvalue weighted by Gasteiger charge is -2.08. The van der Waals surface area contributed by atoms with E-state index in [0.29, 0.717) is 10.2 Å². The van der Waals surface area contributed by atoms with E-state index in [1.54, 1.807) is 0 Å². The van der Waals surface area contributed by atoms with Crippen molar-refractivity contribution in [3.8, 4) is 5.75 Å². The second kappa shape index (κ2) is 6.62. The van der Waals surface area contributed by atoms with Crippen LogP contribution in [-0.2, 0) is 0 Å². The molecule has 1 N–H and O–H groups in total. The van der Waals surface area contributed by atoms with E-state index in [9.17, 15) is 18.0 Å². The second-order valence-corrected chi connectivity index (χ2v) is 4.84. The third-order valence-electron chi connectivity index (χ3n) is 2.51. The number of amides is 1. The van der Waals surface area contributed by atoms with Crippen LogP contribution in [0.2, 0.25) is 0 Å². The summed E-state index contributed by atoms with van der Waals surface area (Å²) in [7, 11) is 0. The van der Waals surface area contributed by atoms with Gasteiger partial charge in [-0.2, -0.15) is 8.78 Å². The van der Waals surface area contributed by atoms with E-state index < -0.39 is 18.3 Å². The zero-order valence-electron chi connectivity index (χ0n) is 10.4. The molecule has 0 saturated heterocycles. The summed E-state index contributed by atoms with van der Waals surface area (Å²) in [5.41, 5.74) is 0.655. The number of halogens is 4. The van der Waals surface area contributed by atoms with Crippen molar-refractivity contribution in [1.82, 2.24) is 0 Å². The van der Waals surface area contributed by atoms with Crippen molar-refractivity contribution in [3.63, 3.8) is 0 Å². The van der Waals surface area contributed by atoms with Gasteiger partial charge in [-0.25, -0.2) is 4.39 Å². The molecule has 0 atom stereocenters. The number of ether oxygens (including phenoxy) is 1. The number of carbonyl (C=O) groups excluding carboxylic acids is 1. The van der Waals surface area contributed by atoms with E-state index in [1.807, 2.05) is 0 Å². The van der Waals surface area contributed by atoms with Gasteiger partial charge in [-0.3, -0.25) is 4.79 Å². The Kier molecular flexibility index (Phi) is 4.85. The Hall–Kier alpha value is -2.02. The fraction of sp³-hybridized carbons (Fsp3) is 0.0714. The summed E-state index contributed by atoms with van der Waals surface area (Å²) in [6.45, 7) is -2.90. The number of benzene rings is 2. The van der Waals surface area contributed by atoms with Crippen LogP contribution in [0, 0.1) is 5.82 Å². The summed E-state index contributed by atoms with van der Waals surface area (Å²) in [5.74, 6) is -0.928. The normalized spacial score (nSPS) is 10.5. The van der Waals surface area contributed by atoms with Gasteiger partial charge in [-0.05, 0) is 58.4 Å². The number of carbonyl (C=O) groups is 1. The molecule has 2 aromatic carbocycles. The van der Waals surface area contributed by atoms with E-state index in [2.05, 4.69) is 26.0 Å². The van der Waals surface area contributed by atoms with Crippen molar-refractivity contribution in [1.29, 1.82) is 0 Å². The SMILES string of the molecule is O=C(Nc1ccc(OC(F)F)cc1)c1ccc(F)cc1Br. The van der Waals surface area contributed by atoms with Gasteiger partial charge in [0.05, 0.1) is 5.56 Å². The largest absolute Gasteiger partial charge is 0.435 e. The molecular formula is C14H9BrF3NO2. The first kappa shape index (κ1) is 15.4. The maximum Gasteiger partial charge on any atom is 0.387 e. The lowest BCUT2D eigenvalue weighted by molar-refractivity contribution is -0.0498. The standard InChI is InChI=1S/C14H9BrF3NO2/c15-12-7-8(16)1-6-11(12)13(20)19-9-2-4-10(5-3-9)21-14(17)18/h1-7,14H,(H,19,20). The maximum atomic E-state index is 12.9.